The van der Waals surface area contributed by atoms with E-state index in [1.807, 2.05) is 24.3 Å². The Bertz CT molecular complexity index is 592. The van der Waals surface area contributed by atoms with E-state index in [4.69, 9.17) is 16.1 Å². The number of rotatable bonds is 4. The molecule has 1 fully saturated rings. The molecule has 6 heteroatoms. The summed E-state index contributed by atoms with van der Waals surface area (Å²) in [5, 5.41) is 11.4. The quantitative estimate of drug-likeness (QED) is 0.905. The number of nitrogens with one attached hydrogen (secondary N) is 2. The monoisotopic (exact) mass is 292 g/mol. The lowest BCUT2D eigenvalue weighted by Crippen LogP contribution is -2.43. The molecule has 20 heavy (non-hydrogen) atoms. The predicted molar refractivity (Wildman–Crippen MR) is 77.5 cm³/mol. The lowest BCUT2D eigenvalue weighted by Gasteiger charge is -2.23. The van der Waals surface area contributed by atoms with Crippen molar-refractivity contribution in [1.82, 2.24) is 20.8 Å². The summed E-state index contributed by atoms with van der Waals surface area (Å²) in [6.45, 7) is 4.75. The van der Waals surface area contributed by atoms with E-state index in [0.717, 1.165) is 25.1 Å². The van der Waals surface area contributed by atoms with E-state index in [1.165, 1.54) is 0 Å². The molecular formula is C14H17ClN4O. The van der Waals surface area contributed by atoms with Gasteiger partial charge in [-0.2, -0.15) is 4.98 Å². The second kappa shape index (κ2) is 5.52. The molecule has 0 radical (unpaired) electrons. The Morgan fingerprint density at radius 1 is 1.45 bits per heavy atom. The van der Waals surface area contributed by atoms with E-state index in [9.17, 15) is 0 Å². The Balaban J connectivity index is 1.70. The fourth-order valence-corrected chi connectivity index (χ4v) is 2.56. The molecule has 0 amide bonds. The molecule has 0 saturated carbocycles. The van der Waals surface area contributed by atoms with E-state index >= 15 is 0 Å². The molecule has 1 aromatic carbocycles. The Labute approximate surface area is 122 Å². The van der Waals surface area contributed by atoms with Crippen LogP contribution in [0, 0.1) is 0 Å². The van der Waals surface area contributed by atoms with Crippen LogP contribution in [0.15, 0.2) is 28.8 Å². The third-order valence-corrected chi connectivity index (χ3v) is 3.95. The van der Waals surface area contributed by atoms with Crippen molar-refractivity contribution in [2.75, 3.05) is 13.1 Å². The van der Waals surface area contributed by atoms with Gasteiger partial charge in [0.05, 0.1) is 11.6 Å². The minimum atomic E-state index is 0.0963. The predicted octanol–water partition coefficient (Wildman–Crippen LogP) is 2.23. The highest BCUT2D eigenvalue weighted by Crippen LogP contribution is 2.25. The van der Waals surface area contributed by atoms with Crippen LogP contribution in [0.25, 0.3) is 11.4 Å². The van der Waals surface area contributed by atoms with Gasteiger partial charge in [0.25, 0.3) is 0 Å². The van der Waals surface area contributed by atoms with Crippen molar-refractivity contribution < 1.29 is 4.52 Å². The average molecular weight is 293 g/mol. The topological polar surface area (TPSA) is 63.0 Å². The molecule has 0 spiro atoms. The highest BCUT2D eigenvalue weighted by Gasteiger charge is 2.28. The summed E-state index contributed by atoms with van der Waals surface area (Å²) in [6.07, 6.45) is 1.10. The van der Waals surface area contributed by atoms with Gasteiger partial charge in [-0.3, -0.25) is 0 Å². The molecule has 1 saturated heterocycles. The van der Waals surface area contributed by atoms with Gasteiger partial charge >= 0.3 is 0 Å². The number of aromatic nitrogens is 2. The van der Waals surface area contributed by atoms with E-state index in [2.05, 4.69) is 27.7 Å². The Kier molecular flexibility index (Phi) is 3.74. The van der Waals surface area contributed by atoms with Crippen LogP contribution in [0.4, 0.5) is 0 Å². The van der Waals surface area contributed by atoms with Gasteiger partial charge in [-0.05, 0) is 32.0 Å². The Morgan fingerprint density at radius 2 is 2.30 bits per heavy atom. The van der Waals surface area contributed by atoms with Crippen molar-refractivity contribution in [3.8, 4) is 11.4 Å². The van der Waals surface area contributed by atoms with Crippen LogP contribution in [0.3, 0.4) is 0 Å². The third-order valence-electron chi connectivity index (χ3n) is 3.62. The molecule has 1 atom stereocenters. The second-order valence-corrected chi connectivity index (χ2v) is 5.74. The number of benzene rings is 1. The largest absolute Gasteiger partial charge is 0.338 e. The summed E-state index contributed by atoms with van der Waals surface area (Å²) in [5.41, 5.74) is 0.886. The molecule has 1 aliphatic rings. The van der Waals surface area contributed by atoms with Crippen LogP contribution in [0.5, 0.6) is 0 Å². The number of hydrogen-bond acceptors (Lipinski definition) is 5. The van der Waals surface area contributed by atoms with Crippen LogP contribution < -0.4 is 10.6 Å². The van der Waals surface area contributed by atoms with Crippen molar-refractivity contribution in [2.45, 2.75) is 25.4 Å². The van der Waals surface area contributed by atoms with Gasteiger partial charge in [-0.15, -0.1) is 0 Å². The van der Waals surface area contributed by atoms with Crippen LogP contribution in [0.1, 0.15) is 19.2 Å². The highest BCUT2D eigenvalue weighted by molar-refractivity contribution is 6.33. The second-order valence-electron chi connectivity index (χ2n) is 5.33. The van der Waals surface area contributed by atoms with Gasteiger partial charge < -0.3 is 15.2 Å². The summed E-state index contributed by atoms with van der Waals surface area (Å²) in [6, 6.07) is 7.48. The number of halogens is 1. The highest BCUT2D eigenvalue weighted by atomic mass is 35.5. The van der Waals surface area contributed by atoms with Gasteiger partial charge in [-0.1, -0.05) is 28.9 Å². The molecule has 1 unspecified atom stereocenters. The van der Waals surface area contributed by atoms with Crippen molar-refractivity contribution in [3.05, 3.63) is 35.2 Å². The van der Waals surface area contributed by atoms with Crippen molar-refractivity contribution >= 4 is 11.6 Å². The van der Waals surface area contributed by atoms with Crippen LogP contribution in [-0.4, -0.2) is 28.8 Å². The zero-order chi connectivity index (χ0) is 14.0. The van der Waals surface area contributed by atoms with E-state index in [-0.39, 0.29) is 5.54 Å². The SMILES string of the molecule is CC1(NCc2nc(-c3ccccc3Cl)no2)CCNC1. The fourth-order valence-electron chi connectivity index (χ4n) is 2.34. The molecule has 106 valence electrons. The number of hydrogen-bond donors (Lipinski definition) is 2. The van der Waals surface area contributed by atoms with Gasteiger partial charge in [0.1, 0.15) is 0 Å². The van der Waals surface area contributed by atoms with Crippen molar-refractivity contribution in [3.63, 3.8) is 0 Å². The summed E-state index contributed by atoms with van der Waals surface area (Å²) < 4.78 is 5.28. The summed E-state index contributed by atoms with van der Waals surface area (Å²) in [5.74, 6) is 1.11. The van der Waals surface area contributed by atoms with E-state index in [1.54, 1.807) is 0 Å². The minimum Gasteiger partial charge on any atom is -0.338 e. The summed E-state index contributed by atoms with van der Waals surface area (Å²) >= 11 is 6.13. The van der Waals surface area contributed by atoms with Crippen LogP contribution >= 0.6 is 11.6 Å². The molecule has 3 rings (SSSR count). The van der Waals surface area contributed by atoms with Crippen LogP contribution in [-0.2, 0) is 6.54 Å². The molecule has 5 nitrogen and oxygen atoms in total. The average Bonchev–Trinajstić information content (AvgIpc) is 3.07. The molecule has 1 aromatic heterocycles. The standard InChI is InChI=1S/C14H17ClN4O/c1-14(6-7-16-9-14)17-8-12-18-13(19-20-12)10-4-2-3-5-11(10)15/h2-5,16-17H,6-9H2,1H3. The zero-order valence-electron chi connectivity index (χ0n) is 11.3. The van der Waals surface area contributed by atoms with Gasteiger partial charge in [0.2, 0.25) is 11.7 Å². The minimum absolute atomic E-state index is 0.0963. The first-order valence-corrected chi connectivity index (χ1v) is 7.07. The third kappa shape index (κ3) is 2.85. The molecule has 2 N–H and O–H groups in total. The zero-order valence-corrected chi connectivity index (χ0v) is 12.1. The lowest BCUT2D eigenvalue weighted by molar-refractivity contribution is 0.323. The normalized spacial score (nSPS) is 22.3. The molecular weight excluding hydrogens is 276 g/mol. The van der Waals surface area contributed by atoms with E-state index < -0.39 is 0 Å². The summed E-state index contributed by atoms with van der Waals surface area (Å²) in [4.78, 5) is 4.39. The van der Waals surface area contributed by atoms with Gasteiger partial charge in [0, 0.05) is 17.6 Å². The van der Waals surface area contributed by atoms with Gasteiger partial charge in [0.15, 0.2) is 0 Å². The first kappa shape index (κ1) is 13.5. The lowest BCUT2D eigenvalue weighted by atomic mass is 10.0. The van der Waals surface area contributed by atoms with E-state index in [0.29, 0.717) is 23.3 Å². The maximum atomic E-state index is 6.13. The number of nitrogens with zero attached hydrogens (tertiary/aromatic N) is 2. The molecule has 2 heterocycles. The van der Waals surface area contributed by atoms with Crippen LogP contribution in [0.2, 0.25) is 5.02 Å². The summed E-state index contributed by atoms with van der Waals surface area (Å²) in [7, 11) is 0. The van der Waals surface area contributed by atoms with Gasteiger partial charge in [-0.25, -0.2) is 0 Å². The van der Waals surface area contributed by atoms with Crippen molar-refractivity contribution in [1.29, 1.82) is 0 Å². The first-order valence-electron chi connectivity index (χ1n) is 6.70. The fraction of sp³-hybridized carbons (Fsp3) is 0.429. The Hall–Kier alpha value is -1.43. The molecule has 0 aliphatic carbocycles. The maximum Gasteiger partial charge on any atom is 0.240 e. The Morgan fingerprint density at radius 3 is 3.05 bits per heavy atom. The van der Waals surface area contributed by atoms with Crippen molar-refractivity contribution in [2.24, 2.45) is 0 Å². The molecule has 2 aromatic rings. The molecule has 0 bridgehead atoms. The molecule has 1 aliphatic heterocycles. The maximum absolute atomic E-state index is 6.13. The smallest absolute Gasteiger partial charge is 0.240 e. The first-order chi connectivity index (χ1) is 9.66.